The number of carbonyl (C=O) groups excluding carboxylic acids is 1. The number of ketones is 1. The number of aliphatic hydroxyl groups is 1. The maximum atomic E-state index is 12.0. The van der Waals surface area contributed by atoms with Gasteiger partial charge in [0.2, 0.25) is 0 Å². The summed E-state index contributed by atoms with van der Waals surface area (Å²) in [4.78, 5) is 12.0. The zero-order chi connectivity index (χ0) is 13.0. The highest BCUT2D eigenvalue weighted by molar-refractivity contribution is 6.08. The van der Waals surface area contributed by atoms with Gasteiger partial charge in [0, 0.05) is 17.2 Å². The topological polar surface area (TPSA) is 37.3 Å². The second-order valence-corrected chi connectivity index (χ2v) is 4.07. The Morgan fingerprint density at radius 2 is 1.61 bits per heavy atom. The van der Waals surface area contributed by atoms with Crippen molar-refractivity contribution in [1.29, 1.82) is 0 Å². The molecule has 0 aliphatic rings. The van der Waals surface area contributed by atoms with Crippen LogP contribution in [-0.2, 0) is 0 Å². The summed E-state index contributed by atoms with van der Waals surface area (Å²) in [6, 6.07) is 16.3. The van der Waals surface area contributed by atoms with Crippen LogP contribution in [0.5, 0.6) is 0 Å². The lowest BCUT2D eigenvalue weighted by molar-refractivity contribution is 0.104. The first-order chi connectivity index (χ1) is 8.68. The highest BCUT2D eigenvalue weighted by Crippen LogP contribution is 2.14. The van der Waals surface area contributed by atoms with Crippen molar-refractivity contribution in [2.45, 2.75) is 6.92 Å². The molecule has 0 saturated carbocycles. The predicted octanol–water partition coefficient (Wildman–Crippen LogP) is 3.78. The van der Waals surface area contributed by atoms with Crippen LogP contribution in [0.15, 0.2) is 60.7 Å². The molecule has 2 heteroatoms. The van der Waals surface area contributed by atoms with Gasteiger partial charge in [-0.3, -0.25) is 4.79 Å². The number of hydrogen-bond donors (Lipinski definition) is 1. The van der Waals surface area contributed by atoms with Crippen LogP contribution in [0.25, 0.3) is 5.76 Å². The molecular weight excluding hydrogens is 224 g/mol. The van der Waals surface area contributed by atoms with E-state index in [1.807, 2.05) is 43.3 Å². The van der Waals surface area contributed by atoms with Crippen LogP contribution < -0.4 is 0 Å². The van der Waals surface area contributed by atoms with Crippen LogP contribution >= 0.6 is 0 Å². The van der Waals surface area contributed by atoms with E-state index in [2.05, 4.69) is 0 Å². The molecule has 2 rings (SSSR count). The largest absolute Gasteiger partial charge is 0.507 e. The summed E-state index contributed by atoms with van der Waals surface area (Å²) in [5.41, 5.74) is 2.15. The van der Waals surface area contributed by atoms with Crippen molar-refractivity contribution in [3.8, 4) is 0 Å². The monoisotopic (exact) mass is 238 g/mol. The molecule has 1 N–H and O–H groups in total. The maximum absolute atomic E-state index is 12.0. The minimum absolute atomic E-state index is 0.0103. The van der Waals surface area contributed by atoms with E-state index >= 15 is 0 Å². The first-order valence-corrected chi connectivity index (χ1v) is 5.74. The summed E-state index contributed by atoms with van der Waals surface area (Å²) in [7, 11) is 0. The fourth-order valence-electron chi connectivity index (χ4n) is 1.74. The van der Waals surface area contributed by atoms with E-state index < -0.39 is 0 Å². The van der Waals surface area contributed by atoms with Gasteiger partial charge in [0.1, 0.15) is 5.76 Å². The Balaban J connectivity index is 2.29. The Bertz CT molecular complexity index is 583. The molecule has 0 bridgehead atoms. The molecule has 0 amide bonds. The molecule has 0 fully saturated rings. The smallest absolute Gasteiger partial charge is 0.189 e. The van der Waals surface area contributed by atoms with Gasteiger partial charge in [-0.15, -0.1) is 0 Å². The lowest BCUT2D eigenvalue weighted by atomic mass is 10.0. The number of allylic oxidation sites excluding steroid dienone is 1. The first kappa shape index (κ1) is 12.1. The zero-order valence-corrected chi connectivity index (χ0v) is 10.1. The normalized spacial score (nSPS) is 11.3. The summed E-state index contributed by atoms with van der Waals surface area (Å²) in [5, 5.41) is 9.88. The van der Waals surface area contributed by atoms with E-state index in [1.54, 1.807) is 18.2 Å². The van der Waals surface area contributed by atoms with Gasteiger partial charge in [0.25, 0.3) is 0 Å². The summed E-state index contributed by atoms with van der Waals surface area (Å²) < 4.78 is 0. The molecule has 2 nitrogen and oxygen atoms in total. The van der Waals surface area contributed by atoms with Gasteiger partial charge in [-0.25, -0.2) is 0 Å². The van der Waals surface area contributed by atoms with E-state index in [1.165, 1.54) is 6.08 Å². The standard InChI is InChI=1S/C16H14O2/c1-12-7-5-6-10-14(12)16(18)11-15(17)13-8-3-2-4-9-13/h2-11,17H,1H3/b15-11-. The van der Waals surface area contributed by atoms with E-state index in [4.69, 9.17) is 0 Å². The molecule has 2 aromatic carbocycles. The van der Waals surface area contributed by atoms with E-state index in [9.17, 15) is 9.90 Å². The van der Waals surface area contributed by atoms with Crippen LogP contribution in [0.1, 0.15) is 21.5 Å². The minimum Gasteiger partial charge on any atom is -0.507 e. The summed E-state index contributed by atoms with van der Waals surface area (Å²) in [5.74, 6) is -0.196. The average Bonchev–Trinajstić information content (AvgIpc) is 2.40. The number of aryl methyl sites for hydroxylation is 1. The number of hydrogen-bond acceptors (Lipinski definition) is 2. The fraction of sp³-hybridized carbons (Fsp3) is 0.0625. The third-order valence-corrected chi connectivity index (χ3v) is 2.75. The lowest BCUT2D eigenvalue weighted by Crippen LogP contribution is -1.99. The van der Waals surface area contributed by atoms with Crippen LogP contribution in [-0.4, -0.2) is 10.9 Å². The minimum atomic E-state index is -0.186. The third kappa shape index (κ3) is 2.66. The Morgan fingerprint density at radius 1 is 1.00 bits per heavy atom. The van der Waals surface area contributed by atoms with E-state index in [-0.39, 0.29) is 11.5 Å². The Hall–Kier alpha value is -2.35. The molecule has 0 atom stereocenters. The highest BCUT2D eigenvalue weighted by atomic mass is 16.3. The SMILES string of the molecule is Cc1ccccc1C(=O)/C=C(\O)c1ccccc1. The molecule has 2 aromatic rings. The molecular formula is C16H14O2. The maximum Gasteiger partial charge on any atom is 0.189 e. The Morgan fingerprint density at radius 3 is 2.28 bits per heavy atom. The number of rotatable bonds is 3. The van der Waals surface area contributed by atoms with Crippen molar-refractivity contribution < 1.29 is 9.90 Å². The molecule has 0 saturated heterocycles. The molecule has 0 aliphatic heterocycles. The lowest BCUT2D eigenvalue weighted by Gasteiger charge is -2.02. The third-order valence-electron chi connectivity index (χ3n) is 2.75. The first-order valence-electron chi connectivity index (χ1n) is 5.74. The summed E-state index contributed by atoms with van der Waals surface area (Å²) in [6.45, 7) is 1.88. The van der Waals surface area contributed by atoms with Crippen molar-refractivity contribution in [3.63, 3.8) is 0 Å². The van der Waals surface area contributed by atoms with Gasteiger partial charge in [0.15, 0.2) is 5.78 Å². The van der Waals surface area contributed by atoms with Gasteiger partial charge in [0.05, 0.1) is 0 Å². The molecule has 0 spiro atoms. The van der Waals surface area contributed by atoms with E-state index in [0.29, 0.717) is 11.1 Å². The Labute approximate surface area is 106 Å². The quantitative estimate of drug-likeness (QED) is 0.502. The van der Waals surface area contributed by atoms with Crippen molar-refractivity contribution in [3.05, 3.63) is 77.4 Å². The molecule has 0 radical (unpaired) electrons. The van der Waals surface area contributed by atoms with Crippen molar-refractivity contribution in [2.75, 3.05) is 0 Å². The van der Waals surface area contributed by atoms with Crippen molar-refractivity contribution >= 4 is 11.5 Å². The van der Waals surface area contributed by atoms with Gasteiger partial charge in [-0.2, -0.15) is 0 Å². The average molecular weight is 238 g/mol. The Kier molecular flexibility index (Phi) is 3.58. The van der Waals surface area contributed by atoms with Crippen LogP contribution in [0.3, 0.4) is 0 Å². The van der Waals surface area contributed by atoms with Gasteiger partial charge >= 0.3 is 0 Å². The molecule has 0 heterocycles. The second-order valence-electron chi connectivity index (χ2n) is 4.07. The number of aliphatic hydroxyl groups excluding tert-OH is 1. The van der Waals surface area contributed by atoms with Gasteiger partial charge in [-0.1, -0.05) is 54.6 Å². The van der Waals surface area contributed by atoms with E-state index in [0.717, 1.165) is 5.56 Å². The molecule has 0 unspecified atom stereocenters. The molecule has 90 valence electrons. The molecule has 18 heavy (non-hydrogen) atoms. The van der Waals surface area contributed by atoms with Crippen LogP contribution in [0, 0.1) is 6.92 Å². The number of carbonyl (C=O) groups is 1. The van der Waals surface area contributed by atoms with Crippen molar-refractivity contribution in [1.82, 2.24) is 0 Å². The molecule has 0 aliphatic carbocycles. The highest BCUT2D eigenvalue weighted by Gasteiger charge is 2.07. The van der Waals surface area contributed by atoms with Crippen molar-refractivity contribution in [2.24, 2.45) is 0 Å². The zero-order valence-electron chi connectivity index (χ0n) is 10.1. The number of benzene rings is 2. The van der Waals surface area contributed by atoms with Gasteiger partial charge in [-0.05, 0) is 12.5 Å². The fourth-order valence-corrected chi connectivity index (χ4v) is 1.74. The predicted molar refractivity (Wildman–Crippen MR) is 72.6 cm³/mol. The summed E-state index contributed by atoms with van der Waals surface area (Å²) in [6.07, 6.45) is 1.26. The molecule has 0 aromatic heterocycles. The second kappa shape index (κ2) is 5.32. The summed E-state index contributed by atoms with van der Waals surface area (Å²) >= 11 is 0. The van der Waals surface area contributed by atoms with Gasteiger partial charge < -0.3 is 5.11 Å². The van der Waals surface area contributed by atoms with Crippen LogP contribution in [0.2, 0.25) is 0 Å². The van der Waals surface area contributed by atoms with Crippen LogP contribution in [0.4, 0.5) is 0 Å².